The monoisotopic (exact) mass is 306 g/mol. The van der Waals surface area contributed by atoms with Gasteiger partial charge in [0.05, 0.1) is 5.56 Å². The summed E-state index contributed by atoms with van der Waals surface area (Å²) in [5.74, 6) is -0.761. The van der Waals surface area contributed by atoms with Crippen molar-refractivity contribution < 1.29 is 22.5 Å². The molecule has 106 valence electrons. The number of pyridine rings is 1. The lowest BCUT2D eigenvalue weighted by atomic mass is 10.3. The van der Waals surface area contributed by atoms with Crippen LogP contribution in [0.25, 0.3) is 0 Å². The number of aromatic nitrogens is 1. The van der Waals surface area contributed by atoms with Crippen molar-refractivity contribution in [1.82, 2.24) is 9.71 Å². The summed E-state index contributed by atoms with van der Waals surface area (Å²) >= 11 is 0. The molecule has 1 aromatic heterocycles. The van der Waals surface area contributed by atoms with Crippen molar-refractivity contribution in [2.24, 2.45) is 0 Å². The number of carbonyl (C=O) groups is 1. The van der Waals surface area contributed by atoms with E-state index in [1.807, 2.05) is 0 Å². The highest BCUT2D eigenvalue weighted by Crippen LogP contribution is 2.06. The zero-order valence-corrected chi connectivity index (χ0v) is 11.8. The number of rotatable bonds is 7. The minimum absolute atomic E-state index is 0.0830. The summed E-state index contributed by atoms with van der Waals surface area (Å²) in [6.07, 6.45) is 2.98. The highest BCUT2D eigenvalue weighted by Gasteiger charge is 2.15. The fourth-order valence-electron chi connectivity index (χ4n) is 1.22. The molecule has 1 aromatic rings. The molecular weight excluding hydrogens is 292 g/mol. The molecule has 0 radical (unpaired) electrons. The molecule has 1 heterocycles. The van der Waals surface area contributed by atoms with Crippen molar-refractivity contribution in [3.05, 3.63) is 23.9 Å². The standard InChI is InChI=1S/C10H14N2O5S2/c1-18(15)6-2-5-12-19(16,17)9-4-3-8(7-11-9)10(13)14/h3-4,7,12H,2,5-6H2,1H3,(H,13,14). The molecule has 0 aliphatic rings. The summed E-state index contributed by atoms with van der Waals surface area (Å²) in [5.41, 5.74) is -0.0830. The molecule has 9 heteroatoms. The van der Waals surface area contributed by atoms with Crippen molar-refractivity contribution in [3.8, 4) is 0 Å². The quantitative estimate of drug-likeness (QED) is 0.676. The maximum absolute atomic E-state index is 11.8. The number of aromatic carboxylic acids is 1. The summed E-state index contributed by atoms with van der Waals surface area (Å²) in [5, 5.41) is 8.43. The number of nitrogens with one attached hydrogen (secondary N) is 1. The molecule has 0 amide bonds. The Morgan fingerprint density at radius 3 is 2.63 bits per heavy atom. The van der Waals surface area contributed by atoms with Gasteiger partial charge in [-0.3, -0.25) is 4.21 Å². The highest BCUT2D eigenvalue weighted by atomic mass is 32.2. The van der Waals surface area contributed by atoms with E-state index in [9.17, 15) is 17.4 Å². The first-order valence-corrected chi connectivity index (χ1v) is 8.53. The van der Waals surface area contributed by atoms with E-state index in [2.05, 4.69) is 9.71 Å². The van der Waals surface area contributed by atoms with Crippen LogP contribution < -0.4 is 4.72 Å². The molecule has 1 rings (SSSR count). The third-order valence-electron chi connectivity index (χ3n) is 2.16. The zero-order chi connectivity index (χ0) is 14.5. The Kier molecular flexibility index (Phi) is 5.58. The fourth-order valence-corrected chi connectivity index (χ4v) is 2.77. The molecule has 1 unspecified atom stereocenters. The number of hydrogen-bond donors (Lipinski definition) is 2. The van der Waals surface area contributed by atoms with Gasteiger partial charge in [-0.25, -0.2) is 22.9 Å². The lowest BCUT2D eigenvalue weighted by molar-refractivity contribution is 0.0696. The summed E-state index contributed by atoms with van der Waals surface area (Å²) in [4.78, 5) is 14.2. The van der Waals surface area contributed by atoms with Gasteiger partial charge in [0.1, 0.15) is 0 Å². The van der Waals surface area contributed by atoms with Crippen LogP contribution >= 0.6 is 0 Å². The van der Waals surface area contributed by atoms with Crippen LogP contribution in [-0.4, -0.2) is 47.2 Å². The first-order chi connectivity index (χ1) is 8.83. The number of carboxylic acid groups (broad SMARTS) is 1. The SMILES string of the molecule is CS(=O)CCCNS(=O)(=O)c1ccc(C(=O)O)cn1. The van der Waals surface area contributed by atoms with Crippen LogP contribution in [0.3, 0.4) is 0 Å². The second kappa shape index (κ2) is 6.73. The molecule has 1 atom stereocenters. The van der Waals surface area contributed by atoms with Crippen LogP contribution in [0.5, 0.6) is 0 Å². The molecule has 7 nitrogen and oxygen atoms in total. The molecule has 0 aliphatic carbocycles. The molecule has 0 fully saturated rings. The van der Waals surface area contributed by atoms with Crippen molar-refractivity contribution >= 4 is 26.8 Å². The van der Waals surface area contributed by atoms with Gasteiger partial charge in [-0.05, 0) is 18.6 Å². The van der Waals surface area contributed by atoms with Crippen molar-refractivity contribution in [2.45, 2.75) is 11.4 Å². The highest BCUT2D eigenvalue weighted by molar-refractivity contribution is 7.89. The summed E-state index contributed by atoms with van der Waals surface area (Å²) < 4.78 is 36.6. The summed E-state index contributed by atoms with van der Waals surface area (Å²) in [6.45, 7) is 0.157. The van der Waals surface area contributed by atoms with E-state index >= 15 is 0 Å². The van der Waals surface area contributed by atoms with E-state index < -0.39 is 26.8 Å². The molecule has 0 bridgehead atoms. The minimum atomic E-state index is -3.75. The van der Waals surface area contributed by atoms with Gasteiger partial charge in [0, 0.05) is 35.5 Å². The normalized spacial score (nSPS) is 13.1. The van der Waals surface area contributed by atoms with Gasteiger partial charge in [-0.15, -0.1) is 0 Å². The second-order valence-electron chi connectivity index (χ2n) is 3.72. The van der Waals surface area contributed by atoms with Gasteiger partial charge in [0.2, 0.25) is 0 Å². The number of sulfonamides is 1. The first-order valence-electron chi connectivity index (χ1n) is 5.32. The fraction of sp³-hybridized carbons (Fsp3) is 0.400. The first kappa shape index (κ1) is 15.7. The predicted octanol–water partition coefficient (Wildman–Crippen LogP) is -0.173. The molecular formula is C10H14N2O5S2. The van der Waals surface area contributed by atoms with E-state index in [1.54, 1.807) is 6.26 Å². The van der Waals surface area contributed by atoms with Crippen LogP contribution in [0.1, 0.15) is 16.8 Å². The molecule has 19 heavy (non-hydrogen) atoms. The van der Waals surface area contributed by atoms with Gasteiger partial charge in [-0.2, -0.15) is 0 Å². The average molecular weight is 306 g/mol. The van der Waals surface area contributed by atoms with Crippen LogP contribution in [0.2, 0.25) is 0 Å². The van der Waals surface area contributed by atoms with Crippen molar-refractivity contribution in [2.75, 3.05) is 18.6 Å². The lowest BCUT2D eigenvalue weighted by Crippen LogP contribution is -2.26. The van der Waals surface area contributed by atoms with E-state index in [4.69, 9.17) is 5.11 Å². The Bertz CT molecular complexity index is 568. The molecule has 0 saturated heterocycles. The van der Waals surface area contributed by atoms with Crippen LogP contribution in [0, 0.1) is 0 Å². The van der Waals surface area contributed by atoms with E-state index in [-0.39, 0.29) is 17.1 Å². The number of hydrogen-bond acceptors (Lipinski definition) is 5. The minimum Gasteiger partial charge on any atom is -0.478 e. The number of nitrogens with zero attached hydrogens (tertiary/aromatic N) is 1. The maximum Gasteiger partial charge on any atom is 0.337 e. The number of carboxylic acids is 1. The Balaban J connectivity index is 2.66. The molecule has 0 spiro atoms. The Hall–Kier alpha value is -1.32. The van der Waals surface area contributed by atoms with Gasteiger partial charge < -0.3 is 5.11 Å². The van der Waals surface area contributed by atoms with Crippen LogP contribution in [-0.2, 0) is 20.8 Å². The van der Waals surface area contributed by atoms with E-state index in [0.29, 0.717) is 12.2 Å². The zero-order valence-electron chi connectivity index (χ0n) is 10.2. The molecule has 0 saturated carbocycles. The van der Waals surface area contributed by atoms with Crippen molar-refractivity contribution in [3.63, 3.8) is 0 Å². The average Bonchev–Trinajstić information content (AvgIpc) is 2.34. The summed E-state index contributed by atoms with van der Waals surface area (Å²) in [7, 11) is -4.72. The lowest BCUT2D eigenvalue weighted by Gasteiger charge is -2.05. The van der Waals surface area contributed by atoms with Crippen LogP contribution in [0.15, 0.2) is 23.4 Å². The van der Waals surface area contributed by atoms with E-state index in [1.165, 1.54) is 6.07 Å². The smallest absolute Gasteiger partial charge is 0.337 e. The predicted molar refractivity (Wildman–Crippen MR) is 69.9 cm³/mol. The van der Waals surface area contributed by atoms with E-state index in [0.717, 1.165) is 12.3 Å². The van der Waals surface area contributed by atoms with Crippen LogP contribution in [0.4, 0.5) is 0 Å². The maximum atomic E-state index is 11.8. The van der Waals surface area contributed by atoms with Crippen molar-refractivity contribution in [1.29, 1.82) is 0 Å². The topological polar surface area (TPSA) is 113 Å². The van der Waals surface area contributed by atoms with Gasteiger partial charge in [0.25, 0.3) is 10.0 Å². The van der Waals surface area contributed by atoms with Gasteiger partial charge in [0.15, 0.2) is 5.03 Å². The van der Waals surface area contributed by atoms with Gasteiger partial charge in [-0.1, -0.05) is 0 Å². The summed E-state index contributed by atoms with van der Waals surface area (Å²) in [6, 6.07) is 2.30. The third-order valence-corrected chi connectivity index (χ3v) is 4.40. The Labute approximate surface area is 113 Å². The molecule has 0 aliphatic heterocycles. The Morgan fingerprint density at radius 1 is 1.47 bits per heavy atom. The van der Waals surface area contributed by atoms with Gasteiger partial charge >= 0.3 is 5.97 Å². The molecule has 2 N–H and O–H groups in total. The Morgan fingerprint density at radius 2 is 2.16 bits per heavy atom. The largest absolute Gasteiger partial charge is 0.478 e. The third kappa shape index (κ3) is 5.05. The molecule has 0 aromatic carbocycles. The second-order valence-corrected chi connectivity index (χ2v) is 6.99.